The number of thiophene rings is 1. The third-order valence-corrected chi connectivity index (χ3v) is 3.70. The fourth-order valence-corrected chi connectivity index (χ4v) is 2.96. The summed E-state index contributed by atoms with van der Waals surface area (Å²) in [5, 5.41) is 0. The van der Waals surface area contributed by atoms with E-state index < -0.39 is 0 Å². The molecule has 0 radical (unpaired) electrons. The Morgan fingerprint density at radius 2 is 2.43 bits per heavy atom. The largest absolute Gasteiger partial charge is 0.327 e. The highest BCUT2D eigenvalue weighted by Crippen LogP contribution is 2.19. The number of likely N-dealkylation sites (tertiary alicyclic amines) is 1. The fourth-order valence-electron chi connectivity index (χ4n) is 2.03. The van der Waals surface area contributed by atoms with Crippen LogP contribution in [0.4, 0.5) is 0 Å². The Balaban J connectivity index is 1.90. The third kappa shape index (κ3) is 2.56. The van der Waals surface area contributed by atoms with E-state index in [2.05, 4.69) is 24.0 Å². The van der Waals surface area contributed by atoms with Crippen molar-refractivity contribution in [1.82, 2.24) is 4.90 Å². The van der Waals surface area contributed by atoms with Crippen molar-refractivity contribution in [3.63, 3.8) is 0 Å². The lowest BCUT2D eigenvalue weighted by Gasteiger charge is -2.30. The quantitative estimate of drug-likeness (QED) is 0.809. The molecule has 2 rings (SSSR count). The summed E-state index contributed by atoms with van der Waals surface area (Å²) in [7, 11) is 0. The summed E-state index contributed by atoms with van der Waals surface area (Å²) in [6, 6.07) is 4.83. The molecule has 0 saturated carbocycles. The van der Waals surface area contributed by atoms with E-state index >= 15 is 0 Å². The first kappa shape index (κ1) is 10.1. The lowest BCUT2D eigenvalue weighted by molar-refractivity contribution is 0.203. The minimum Gasteiger partial charge on any atom is -0.327 e. The predicted molar refractivity (Wildman–Crippen MR) is 61.5 cm³/mol. The van der Waals surface area contributed by atoms with E-state index in [1.165, 1.54) is 29.1 Å². The molecule has 78 valence electrons. The van der Waals surface area contributed by atoms with Crippen molar-refractivity contribution in [2.45, 2.75) is 32.4 Å². The summed E-state index contributed by atoms with van der Waals surface area (Å²) in [6.45, 7) is 5.53. The molecule has 0 amide bonds. The van der Waals surface area contributed by atoms with Crippen molar-refractivity contribution in [3.8, 4) is 0 Å². The minimum atomic E-state index is 0.393. The first-order valence-electron chi connectivity index (χ1n) is 5.27. The number of nitrogens with zero attached hydrogens (tertiary/aromatic N) is 1. The summed E-state index contributed by atoms with van der Waals surface area (Å²) in [4.78, 5) is 5.34. The van der Waals surface area contributed by atoms with Crippen LogP contribution in [0, 0.1) is 6.92 Å². The standard InChI is InChI=1S/C11H18N2S/c1-9-4-5-11(14-9)8-13-6-2-3-10(12)7-13/h4-5,10H,2-3,6-8,12H2,1H3/t10-/m0/s1. The van der Waals surface area contributed by atoms with Gasteiger partial charge in [0.1, 0.15) is 0 Å². The predicted octanol–water partition coefficient (Wildman–Crippen LogP) is 1.98. The molecule has 1 fully saturated rings. The van der Waals surface area contributed by atoms with Crippen LogP contribution in [-0.2, 0) is 6.54 Å². The van der Waals surface area contributed by atoms with Gasteiger partial charge in [-0.1, -0.05) is 0 Å². The molecular formula is C11H18N2S. The van der Waals surface area contributed by atoms with Crippen LogP contribution in [0.15, 0.2) is 12.1 Å². The zero-order chi connectivity index (χ0) is 9.97. The minimum absolute atomic E-state index is 0.393. The Bertz CT molecular complexity index is 295. The Kier molecular flexibility index (Phi) is 3.21. The SMILES string of the molecule is Cc1ccc(CN2CCC[C@H](N)C2)s1. The Morgan fingerprint density at radius 3 is 3.07 bits per heavy atom. The van der Waals surface area contributed by atoms with Crippen molar-refractivity contribution in [3.05, 3.63) is 21.9 Å². The van der Waals surface area contributed by atoms with Crippen LogP contribution in [0.3, 0.4) is 0 Å². The molecule has 3 heteroatoms. The van der Waals surface area contributed by atoms with Crippen molar-refractivity contribution >= 4 is 11.3 Å². The van der Waals surface area contributed by atoms with E-state index in [0.29, 0.717) is 6.04 Å². The highest BCUT2D eigenvalue weighted by Gasteiger charge is 2.16. The first-order chi connectivity index (χ1) is 6.74. The van der Waals surface area contributed by atoms with Gasteiger partial charge in [0, 0.05) is 28.9 Å². The van der Waals surface area contributed by atoms with Gasteiger partial charge in [0.25, 0.3) is 0 Å². The molecule has 1 saturated heterocycles. The second-order valence-electron chi connectivity index (χ2n) is 4.15. The molecule has 1 aromatic rings. The van der Waals surface area contributed by atoms with Crippen molar-refractivity contribution in [1.29, 1.82) is 0 Å². The second kappa shape index (κ2) is 4.43. The number of hydrogen-bond donors (Lipinski definition) is 1. The van der Waals surface area contributed by atoms with Gasteiger partial charge in [-0.3, -0.25) is 4.90 Å². The van der Waals surface area contributed by atoms with Gasteiger partial charge in [-0.2, -0.15) is 0 Å². The van der Waals surface area contributed by atoms with E-state index in [0.717, 1.165) is 13.1 Å². The Labute approximate surface area is 89.7 Å². The summed E-state index contributed by atoms with van der Waals surface area (Å²) < 4.78 is 0. The summed E-state index contributed by atoms with van der Waals surface area (Å²) >= 11 is 1.90. The Morgan fingerprint density at radius 1 is 1.57 bits per heavy atom. The maximum atomic E-state index is 5.95. The molecule has 14 heavy (non-hydrogen) atoms. The zero-order valence-corrected chi connectivity index (χ0v) is 9.52. The molecule has 0 bridgehead atoms. The molecule has 2 heterocycles. The molecule has 2 nitrogen and oxygen atoms in total. The monoisotopic (exact) mass is 210 g/mol. The van der Waals surface area contributed by atoms with Crippen LogP contribution in [0.5, 0.6) is 0 Å². The topological polar surface area (TPSA) is 29.3 Å². The van der Waals surface area contributed by atoms with Gasteiger partial charge < -0.3 is 5.73 Å². The van der Waals surface area contributed by atoms with Crippen LogP contribution in [0.1, 0.15) is 22.6 Å². The highest BCUT2D eigenvalue weighted by molar-refractivity contribution is 7.11. The summed E-state index contributed by atoms with van der Waals surface area (Å²) in [5.41, 5.74) is 5.95. The molecule has 0 aromatic carbocycles. The highest BCUT2D eigenvalue weighted by atomic mass is 32.1. The van der Waals surface area contributed by atoms with Crippen molar-refractivity contribution in [2.75, 3.05) is 13.1 Å². The number of nitrogens with two attached hydrogens (primary N) is 1. The molecular weight excluding hydrogens is 192 g/mol. The lowest BCUT2D eigenvalue weighted by Crippen LogP contribution is -2.42. The van der Waals surface area contributed by atoms with Crippen molar-refractivity contribution < 1.29 is 0 Å². The van der Waals surface area contributed by atoms with Crippen LogP contribution in [0.2, 0.25) is 0 Å². The maximum Gasteiger partial charge on any atom is 0.0328 e. The van der Waals surface area contributed by atoms with E-state index in [4.69, 9.17) is 5.73 Å². The van der Waals surface area contributed by atoms with E-state index in [1.807, 2.05) is 11.3 Å². The lowest BCUT2D eigenvalue weighted by atomic mass is 10.1. The van der Waals surface area contributed by atoms with E-state index in [-0.39, 0.29) is 0 Å². The van der Waals surface area contributed by atoms with Gasteiger partial charge in [-0.15, -0.1) is 11.3 Å². The average Bonchev–Trinajstić information content (AvgIpc) is 2.51. The number of piperidine rings is 1. The summed E-state index contributed by atoms with van der Waals surface area (Å²) in [6.07, 6.45) is 2.45. The number of rotatable bonds is 2. The molecule has 0 unspecified atom stereocenters. The third-order valence-electron chi connectivity index (χ3n) is 2.72. The number of aryl methyl sites for hydroxylation is 1. The number of hydrogen-bond acceptors (Lipinski definition) is 3. The smallest absolute Gasteiger partial charge is 0.0328 e. The van der Waals surface area contributed by atoms with E-state index in [9.17, 15) is 0 Å². The van der Waals surface area contributed by atoms with Crippen LogP contribution < -0.4 is 5.73 Å². The van der Waals surface area contributed by atoms with Gasteiger partial charge >= 0.3 is 0 Å². The van der Waals surface area contributed by atoms with Gasteiger partial charge in [-0.05, 0) is 38.4 Å². The second-order valence-corrected chi connectivity index (χ2v) is 5.52. The van der Waals surface area contributed by atoms with E-state index in [1.54, 1.807) is 0 Å². The molecule has 1 atom stereocenters. The van der Waals surface area contributed by atoms with Crippen molar-refractivity contribution in [2.24, 2.45) is 5.73 Å². The molecule has 2 N–H and O–H groups in total. The van der Waals surface area contributed by atoms with Crippen LogP contribution >= 0.6 is 11.3 Å². The normalized spacial score (nSPS) is 24.0. The molecule has 1 aliphatic rings. The fraction of sp³-hybridized carbons (Fsp3) is 0.636. The molecule has 0 spiro atoms. The van der Waals surface area contributed by atoms with Gasteiger partial charge in [0.15, 0.2) is 0 Å². The zero-order valence-electron chi connectivity index (χ0n) is 8.70. The Hall–Kier alpha value is -0.380. The van der Waals surface area contributed by atoms with Gasteiger partial charge in [0.05, 0.1) is 0 Å². The molecule has 1 aliphatic heterocycles. The van der Waals surface area contributed by atoms with Crippen LogP contribution in [-0.4, -0.2) is 24.0 Å². The maximum absolute atomic E-state index is 5.95. The molecule has 0 aliphatic carbocycles. The summed E-state index contributed by atoms with van der Waals surface area (Å²) in [5.74, 6) is 0. The van der Waals surface area contributed by atoms with Crippen LogP contribution in [0.25, 0.3) is 0 Å². The first-order valence-corrected chi connectivity index (χ1v) is 6.09. The van der Waals surface area contributed by atoms with Gasteiger partial charge in [-0.25, -0.2) is 0 Å². The molecule has 1 aromatic heterocycles. The average molecular weight is 210 g/mol. The van der Waals surface area contributed by atoms with Gasteiger partial charge in [0.2, 0.25) is 0 Å².